The quantitative estimate of drug-likeness (QED) is 0.911. The molecule has 4 nitrogen and oxygen atoms in total. The van der Waals surface area contributed by atoms with Gasteiger partial charge in [-0.2, -0.15) is 5.26 Å². The Hall–Kier alpha value is -1.54. The first-order chi connectivity index (χ1) is 7.08. The molecule has 0 saturated heterocycles. The van der Waals surface area contributed by atoms with Crippen LogP contribution in [0.1, 0.15) is 11.1 Å². The van der Waals surface area contributed by atoms with Gasteiger partial charge in [0.1, 0.15) is 11.8 Å². The molecule has 0 saturated carbocycles. The van der Waals surface area contributed by atoms with E-state index in [4.69, 9.17) is 15.1 Å². The minimum atomic E-state index is -0.940. The van der Waals surface area contributed by atoms with Crippen molar-refractivity contribution in [2.45, 2.75) is 6.42 Å². The number of aliphatic carboxylic acids is 1. The third-order valence-corrected chi connectivity index (χ3v) is 2.57. The average molecular weight is 270 g/mol. The monoisotopic (exact) mass is 269 g/mol. The minimum Gasteiger partial charge on any atom is -0.495 e. The summed E-state index contributed by atoms with van der Waals surface area (Å²) < 4.78 is 5.60. The zero-order valence-corrected chi connectivity index (χ0v) is 9.54. The zero-order chi connectivity index (χ0) is 11.4. The number of benzene rings is 1. The first-order valence-electron chi connectivity index (χ1n) is 4.06. The minimum absolute atomic E-state index is 0.126. The lowest BCUT2D eigenvalue weighted by molar-refractivity contribution is -0.136. The lowest BCUT2D eigenvalue weighted by Crippen LogP contribution is -2.02. The number of carbonyl (C=O) groups is 1. The van der Waals surface area contributed by atoms with E-state index in [0.717, 1.165) is 0 Å². The summed E-state index contributed by atoms with van der Waals surface area (Å²) in [6.07, 6.45) is -0.126. The fraction of sp³-hybridized carbons (Fsp3) is 0.200. The number of ether oxygens (including phenoxy) is 1. The summed E-state index contributed by atoms with van der Waals surface area (Å²) >= 11 is 3.23. The van der Waals surface area contributed by atoms with Crippen LogP contribution >= 0.6 is 15.9 Å². The van der Waals surface area contributed by atoms with E-state index in [1.165, 1.54) is 13.2 Å². The van der Waals surface area contributed by atoms with Crippen molar-refractivity contribution in [3.8, 4) is 11.8 Å². The first kappa shape index (κ1) is 11.5. The molecule has 5 heteroatoms. The van der Waals surface area contributed by atoms with Gasteiger partial charge in [0.25, 0.3) is 0 Å². The number of hydrogen-bond donors (Lipinski definition) is 1. The largest absolute Gasteiger partial charge is 0.495 e. The van der Waals surface area contributed by atoms with Gasteiger partial charge >= 0.3 is 5.97 Å². The summed E-state index contributed by atoms with van der Waals surface area (Å²) in [6.45, 7) is 0. The molecule has 15 heavy (non-hydrogen) atoms. The van der Waals surface area contributed by atoms with Crippen molar-refractivity contribution in [2.24, 2.45) is 0 Å². The van der Waals surface area contributed by atoms with E-state index < -0.39 is 5.97 Å². The van der Waals surface area contributed by atoms with Crippen LogP contribution < -0.4 is 4.74 Å². The van der Waals surface area contributed by atoms with Gasteiger partial charge in [0.2, 0.25) is 0 Å². The second kappa shape index (κ2) is 4.80. The molecule has 0 heterocycles. The smallest absolute Gasteiger partial charge is 0.307 e. The normalized spacial score (nSPS) is 9.40. The fourth-order valence-corrected chi connectivity index (χ4v) is 1.62. The van der Waals surface area contributed by atoms with Crippen LogP contribution in [0.4, 0.5) is 0 Å². The number of nitriles is 1. The second-order valence-corrected chi connectivity index (χ2v) is 3.68. The third kappa shape index (κ3) is 2.70. The highest BCUT2D eigenvalue weighted by molar-refractivity contribution is 9.10. The number of rotatable bonds is 3. The van der Waals surface area contributed by atoms with Gasteiger partial charge in [-0.15, -0.1) is 0 Å². The summed E-state index contributed by atoms with van der Waals surface area (Å²) in [4.78, 5) is 10.5. The molecule has 0 radical (unpaired) electrons. The van der Waals surface area contributed by atoms with Crippen LogP contribution in [-0.2, 0) is 11.2 Å². The Bertz CT molecular complexity index is 437. The van der Waals surface area contributed by atoms with E-state index in [1.807, 2.05) is 6.07 Å². The van der Waals surface area contributed by atoms with Gasteiger partial charge in [0.05, 0.1) is 19.1 Å². The van der Waals surface area contributed by atoms with Gasteiger partial charge in [-0.1, -0.05) is 15.9 Å². The molecule has 0 unspecified atom stereocenters. The molecule has 0 atom stereocenters. The number of carboxylic acids is 1. The SMILES string of the molecule is COc1cc(Br)c(CC(=O)O)cc1C#N. The molecule has 0 aliphatic carbocycles. The zero-order valence-electron chi connectivity index (χ0n) is 7.95. The molecule has 0 aromatic heterocycles. The van der Waals surface area contributed by atoms with Gasteiger partial charge in [0.15, 0.2) is 0 Å². The van der Waals surface area contributed by atoms with Gasteiger partial charge in [-0.05, 0) is 17.7 Å². The standard InChI is InChI=1S/C10H8BrNO3/c1-15-9-4-8(11)6(3-10(13)14)2-7(9)5-12/h2,4H,3H2,1H3,(H,13,14). The molecule has 0 aliphatic rings. The van der Waals surface area contributed by atoms with Crippen LogP contribution in [0.15, 0.2) is 16.6 Å². The lowest BCUT2D eigenvalue weighted by Gasteiger charge is -2.07. The van der Waals surface area contributed by atoms with E-state index in [2.05, 4.69) is 15.9 Å². The summed E-state index contributed by atoms with van der Waals surface area (Å²) in [6, 6.07) is 5.05. The van der Waals surface area contributed by atoms with E-state index in [0.29, 0.717) is 21.3 Å². The molecular formula is C10H8BrNO3. The molecule has 1 rings (SSSR count). The number of carboxylic acid groups (broad SMARTS) is 1. The van der Waals surface area contributed by atoms with Gasteiger partial charge in [-0.25, -0.2) is 0 Å². The van der Waals surface area contributed by atoms with Crippen LogP contribution in [0.5, 0.6) is 5.75 Å². The number of hydrogen-bond acceptors (Lipinski definition) is 3. The number of halogens is 1. The number of methoxy groups -OCH3 is 1. The first-order valence-corrected chi connectivity index (χ1v) is 4.86. The second-order valence-electron chi connectivity index (χ2n) is 2.83. The molecule has 1 aromatic rings. The van der Waals surface area contributed by atoms with E-state index in [1.54, 1.807) is 6.07 Å². The van der Waals surface area contributed by atoms with Crippen molar-refractivity contribution < 1.29 is 14.6 Å². The molecule has 0 bridgehead atoms. The Morgan fingerprint density at radius 1 is 1.67 bits per heavy atom. The Labute approximate surface area is 95.2 Å². The molecule has 1 aromatic carbocycles. The van der Waals surface area contributed by atoms with Gasteiger partial charge < -0.3 is 9.84 Å². The third-order valence-electron chi connectivity index (χ3n) is 1.83. The molecule has 0 spiro atoms. The summed E-state index contributed by atoms with van der Waals surface area (Å²) in [5.74, 6) is -0.511. The summed E-state index contributed by atoms with van der Waals surface area (Å²) in [7, 11) is 1.46. The van der Waals surface area contributed by atoms with Gasteiger partial charge in [0, 0.05) is 4.47 Å². The Morgan fingerprint density at radius 3 is 2.80 bits per heavy atom. The highest BCUT2D eigenvalue weighted by Crippen LogP contribution is 2.27. The van der Waals surface area contributed by atoms with Crippen molar-refractivity contribution >= 4 is 21.9 Å². The van der Waals surface area contributed by atoms with Gasteiger partial charge in [-0.3, -0.25) is 4.79 Å². The molecule has 1 N–H and O–H groups in total. The van der Waals surface area contributed by atoms with Crippen molar-refractivity contribution in [2.75, 3.05) is 7.11 Å². The van der Waals surface area contributed by atoms with Crippen LogP contribution in [0.2, 0.25) is 0 Å². The number of nitrogens with zero attached hydrogens (tertiary/aromatic N) is 1. The maximum Gasteiger partial charge on any atom is 0.307 e. The fourth-order valence-electron chi connectivity index (χ4n) is 1.15. The topological polar surface area (TPSA) is 70.3 Å². The summed E-state index contributed by atoms with van der Waals surface area (Å²) in [5, 5.41) is 17.5. The Kier molecular flexibility index (Phi) is 3.69. The average Bonchev–Trinajstić information content (AvgIpc) is 2.19. The van der Waals surface area contributed by atoms with Crippen LogP contribution in [0.3, 0.4) is 0 Å². The highest BCUT2D eigenvalue weighted by Gasteiger charge is 2.10. The van der Waals surface area contributed by atoms with E-state index in [-0.39, 0.29) is 6.42 Å². The highest BCUT2D eigenvalue weighted by atomic mass is 79.9. The summed E-state index contributed by atoms with van der Waals surface area (Å²) in [5.41, 5.74) is 0.886. The maximum absolute atomic E-state index is 10.5. The Balaban J connectivity index is 3.21. The van der Waals surface area contributed by atoms with Crippen LogP contribution in [-0.4, -0.2) is 18.2 Å². The Morgan fingerprint density at radius 2 is 2.33 bits per heavy atom. The predicted octanol–water partition coefficient (Wildman–Crippen LogP) is 1.96. The molecule has 0 aliphatic heterocycles. The van der Waals surface area contributed by atoms with Crippen LogP contribution in [0.25, 0.3) is 0 Å². The molecule has 0 amide bonds. The van der Waals surface area contributed by atoms with Crippen molar-refractivity contribution in [1.29, 1.82) is 5.26 Å². The molecule has 0 fully saturated rings. The van der Waals surface area contributed by atoms with Crippen LogP contribution in [0, 0.1) is 11.3 Å². The lowest BCUT2D eigenvalue weighted by atomic mass is 10.1. The van der Waals surface area contributed by atoms with E-state index >= 15 is 0 Å². The molecule has 78 valence electrons. The van der Waals surface area contributed by atoms with Crippen molar-refractivity contribution in [3.05, 3.63) is 27.7 Å². The molecular weight excluding hydrogens is 262 g/mol. The van der Waals surface area contributed by atoms with Crippen molar-refractivity contribution in [3.63, 3.8) is 0 Å². The predicted molar refractivity (Wildman–Crippen MR) is 56.7 cm³/mol. The van der Waals surface area contributed by atoms with Crippen molar-refractivity contribution in [1.82, 2.24) is 0 Å². The van der Waals surface area contributed by atoms with E-state index in [9.17, 15) is 4.79 Å². The maximum atomic E-state index is 10.5.